The monoisotopic (exact) mass is 474 g/mol. The molecule has 1 amide bonds. The molecule has 1 aromatic carbocycles. The van der Waals surface area contributed by atoms with Crippen LogP contribution in [-0.4, -0.2) is 53.1 Å². The molecule has 1 unspecified atom stereocenters. The predicted molar refractivity (Wildman–Crippen MR) is 122 cm³/mol. The molecular formula is C21H19ClN4O3S2. The molecule has 0 spiro atoms. The fourth-order valence-electron chi connectivity index (χ4n) is 3.90. The Bertz CT molecular complexity index is 1380. The van der Waals surface area contributed by atoms with Crippen LogP contribution in [0, 0.1) is 0 Å². The zero-order valence-electron chi connectivity index (χ0n) is 16.6. The molecule has 1 atom stereocenters. The molecule has 0 saturated carbocycles. The van der Waals surface area contributed by atoms with Gasteiger partial charge in [-0.05, 0) is 42.6 Å². The Kier molecular flexibility index (Phi) is 5.01. The van der Waals surface area contributed by atoms with E-state index in [4.69, 9.17) is 11.6 Å². The zero-order valence-corrected chi connectivity index (χ0v) is 19.0. The molecule has 31 heavy (non-hydrogen) atoms. The Balaban J connectivity index is 1.36. The van der Waals surface area contributed by atoms with Crippen molar-refractivity contribution in [2.45, 2.75) is 17.2 Å². The first-order valence-electron chi connectivity index (χ1n) is 9.74. The van der Waals surface area contributed by atoms with E-state index in [-0.39, 0.29) is 29.2 Å². The molecule has 1 fully saturated rings. The number of carbonyl (C=O) groups is 1. The average Bonchev–Trinajstić information content (AvgIpc) is 3.37. The van der Waals surface area contributed by atoms with Crippen molar-refractivity contribution in [2.75, 3.05) is 19.6 Å². The molecule has 0 bridgehead atoms. The second-order valence-corrected chi connectivity index (χ2v) is 11.2. The lowest BCUT2D eigenvalue weighted by atomic mass is 10.1. The number of piperazine rings is 1. The molecule has 1 aliphatic rings. The quantitative estimate of drug-likeness (QED) is 0.484. The van der Waals surface area contributed by atoms with Gasteiger partial charge in [0.1, 0.15) is 4.21 Å². The van der Waals surface area contributed by atoms with Gasteiger partial charge in [-0.15, -0.1) is 11.3 Å². The highest BCUT2D eigenvalue weighted by molar-refractivity contribution is 7.91. The number of nitrogens with one attached hydrogen (secondary N) is 1. The highest BCUT2D eigenvalue weighted by atomic mass is 35.5. The number of H-pyrrole nitrogens is 1. The zero-order chi connectivity index (χ0) is 21.8. The molecular weight excluding hydrogens is 456 g/mol. The second-order valence-electron chi connectivity index (χ2n) is 7.54. The standard InChI is InChI=1S/C21H19ClN4O3S2/c1-13(18-8-15-11-23-5-4-17(15)24-18)26-7-6-25(12-20(26)27)31(28,29)21-9-14-2-3-16(22)10-19(14)30-21/h2-5,8-11,13,24H,6-7,12H2,1H3. The lowest BCUT2D eigenvalue weighted by Crippen LogP contribution is -2.52. The van der Waals surface area contributed by atoms with Gasteiger partial charge in [-0.3, -0.25) is 9.78 Å². The van der Waals surface area contributed by atoms with Crippen molar-refractivity contribution in [3.05, 3.63) is 59.5 Å². The molecule has 3 aromatic heterocycles. The summed E-state index contributed by atoms with van der Waals surface area (Å²) in [4.78, 5) is 22.1. The smallest absolute Gasteiger partial charge is 0.253 e. The number of sulfonamides is 1. The van der Waals surface area contributed by atoms with Crippen molar-refractivity contribution in [1.29, 1.82) is 0 Å². The maximum absolute atomic E-state index is 13.2. The summed E-state index contributed by atoms with van der Waals surface area (Å²) < 4.78 is 28.6. The Morgan fingerprint density at radius 1 is 1.16 bits per heavy atom. The molecule has 160 valence electrons. The van der Waals surface area contributed by atoms with Crippen molar-refractivity contribution >= 4 is 59.9 Å². The normalized spacial score (nSPS) is 17.0. The van der Waals surface area contributed by atoms with Gasteiger partial charge in [-0.2, -0.15) is 4.31 Å². The van der Waals surface area contributed by atoms with E-state index in [0.29, 0.717) is 11.6 Å². The largest absolute Gasteiger partial charge is 0.357 e. The molecule has 5 rings (SSSR count). The van der Waals surface area contributed by atoms with Gasteiger partial charge in [-0.25, -0.2) is 8.42 Å². The number of hydrogen-bond acceptors (Lipinski definition) is 5. The Morgan fingerprint density at radius 3 is 2.77 bits per heavy atom. The van der Waals surface area contributed by atoms with E-state index in [9.17, 15) is 13.2 Å². The number of hydrogen-bond donors (Lipinski definition) is 1. The van der Waals surface area contributed by atoms with Crippen LogP contribution in [0.15, 0.2) is 53.0 Å². The lowest BCUT2D eigenvalue weighted by molar-refractivity contribution is -0.136. The van der Waals surface area contributed by atoms with Crippen LogP contribution in [0.4, 0.5) is 0 Å². The number of aromatic nitrogens is 2. The predicted octanol–water partition coefficient (Wildman–Crippen LogP) is 4.03. The van der Waals surface area contributed by atoms with E-state index in [1.165, 1.54) is 15.6 Å². The average molecular weight is 475 g/mol. The summed E-state index contributed by atoms with van der Waals surface area (Å²) >= 11 is 7.19. The number of halogens is 1. The van der Waals surface area contributed by atoms with E-state index in [1.807, 2.05) is 19.1 Å². The number of benzene rings is 1. The third kappa shape index (κ3) is 3.61. The van der Waals surface area contributed by atoms with Crippen LogP contribution in [0.2, 0.25) is 5.02 Å². The molecule has 10 heteroatoms. The lowest BCUT2D eigenvalue weighted by Gasteiger charge is -2.36. The maximum atomic E-state index is 13.2. The number of nitrogens with zero attached hydrogens (tertiary/aromatic N) is 3. The Hall–Kier alpha value is -2.46. The van der Waals surface area contributed by atoms with E-state index < -0.39 is 10.0 Å². The second kappa shape index (κ2) is 7.59. The number of rotatable bonds is 4. The molecule has 1 N–H and O–H groups in total. The highest BCUT2D eigenvalue weighted by Crippen LogP contribution is 2.34. The summed E-state index contributed by atoms with van der Waals surface area (Å²) in [5.74, 6) is -0.219. The van der Waals surface area contributed by atoms with Crippen LogP contribution in [0.25, 0.3) is 21.0 Å². The SMILES string of the molecule is CC(c1cc2cnccc2[nH]1)N1CCN(S(=O)(=O)c2cc3ccc(Cl)cc3s2)CC1=O. The summed E-state index contributed by atoms with van der Waals surface area (Å²) in [6.45, 7) is 2.33. The third-order valence-electron chi connectivity index (χ3n) is 5.64. The van der Waals surface area contributed by atoms with Gasteiger partial charge >= 0.3 is 0 Å². The van der Waals surface area contributed by atoms with Gasteiger partial charge < -0.3 is 9.88 Å². The maximum Gasteiger partial charge on any atom is 0.253 e. The number of pyridine rings is 1. The number of aromatic amines is 1. The number of amides is 1. The molecule has 4 heterocycles. The van der Waals surface area contributed by atoms with E-state index in [0.717, 1.165) is 26.7 Å². The van der Waals surface area contributed by atoms with Crippen LogP contribution in [0.1, 0.15) is 18.7 Å². The van der Waals surface area contributed by atoms with Gasteiger partial charge in [0.2, 0.25) is 5.91 Å². The van der Waals surface area contributed by atoms with E-state index in [1.54, 1.807) is 41.6 Å². The number of thiophene rings is 1. The third-order valence-corrected chi connectivity index (χ3v) is 9.26. The summed E-state index contributed by atoms with van der Waals surface area (Å²) in [5, 5.41) is 2.35. The fraction of sp³-hybridized carbons (Fsp3) is 0.238. The van der Waals surface area contributed by atoms with Crippen LogP contribution >= 0.6 is 22.9 Å². The number of carbonyl (C=O) groups excluding carboxylic acids is 1. The molecule has 1 saturated heterocycles. The molecule has 0 aliphatic carbocycles. The Labute approximate surface area is 188 Å². The Morgan fingerprint density at radius 2 is 2.00 bits per heavy atom. The van der Waals surface area contributed by atoms with Crippen molar-refractivity contribution < 1.29 is 13.2 Å². The van der Waals surface area contributed by atoms with Gasteiger partial charge in [0.15, 0.2) is 0 Å². The molecule has 0 radical (unpaired) electrons. The minimum Gasteiger partial charge on any atom is -0.357 e. The first-order valence-corrected chi connectivity index (χ1v) is 12.4. The molecule has 4 aromatic rings. The van der Waals surface area contributed by atoms with Crippen LogP contribution in [0.3, 0.4) is 0 Å². The van der Waals surface area contributed by atoms with Crippen molar-refractivity contribution in [2.24, 2.45) is 0 Å². The summed E-state index contributed by atoms with van der Waals surface area (Å²) in [6.07, 6.45) is 3.48. The first kappa shape index (κ1) is 20.4. The summed E-state index contributed by atoms with van der Waals surface area (Å²) in [5.41, 5.74) is 1.85. The topological polar surface area (TPSA) is 86.4 Å². The van der Waals surface area contributed by atoms with Gasteiger partial charge in [0.25, 0.3) is 10.0 Å². The molecule has 7 nitrogen and oxygen atoms in total. The van der Waals surface area contributed by atoms with Gasteiger partial charge in [-0.1, -0.05) is 17.7 Å². The minimum atomic E-state index is -3.76. The summed E-state index contributed by atoms with van der Waals surface area (Å²) in [6, 6.07) is 10.6. The first-order chi connectivity index (χ1) is 14.8. The number of fused-ring (bicyclic) bond motifs is 2. The summed E-state index contributed by atoms with van der Waals surface area (Å²) in [7, 11) is -3.76. The van der Waals surface area contributed by atoms with Gasteiger partial charge in [0.05, 0.1) is 12.6 Å². The van der Waals surface area contributed by atoms with Crippen molar-refractivity contribution in [3.8, 4) is 0 Å². The van der Waals surface area contributed by atoms with Crippen LogP contribution in [-0.2, 0) is 14.8 Å². The van der Waals surface area contributed by atoms with E-state index >= 15 is 0 Å². The van der Waals surface area contributed by atoms with Crippen LogP contribution < -0.4 is 0 Å². The molecule has 1 aliphatic heterocycles. The van der Waals surface area contributed by atoms with Crippen molar-refractivity contribution in [1.82, 2.24) is 19.2 Å². The fourth-order valence-corrected chi connectivity index (χ4v) is 7.11. The van der Waals surface area contributed by atoms with Crippen molar-refractivity contribution in [3.63, 3.8) is 0 Å². The highest BCUT2D eigenvalue weighted by Gasteiger charge is 2.36. The minimum absolute atomic E-state index is 0.177. The van der Waals surface area contributed by atoms with E-state index in [2.05, 4.69) is 9.97 Å². The van der Waals surface area contributed by atoms with Crippen LogP contribution in [0.5, 0.6) is 0 Å². The van der Waals surface area contributed by atoms with Gasteiger partial charge in [0, 0.05) is 51.8 Å².